The summed E-state index contributed by atoms with van der Waals surface area (Å²) in [6.45, 7) is 4.04. The van der Waals surface area contributed by atoms with Crippen molar-refractivity contribution < 1.29 is 23.9 Å². The van der Waals surface area contributed by atoms with E-state index in [9.17, 15) is 14.4 Å². The first-order valence-electron chi connectivity index (χ1n) is 4.89. The fourth-order valence-corrected chi connectivity index (χ4v) is 1.47. The molecule has 0 saturated carbocycles. The third kappa shape index (κ3) is 2.48. The highest BCUT2D eigenvalue weighted by molar-refractivity contribution is 5.98. The first-order valence-corrected chi connectivity index (χ1v) is 4.89. The number of hydrogen-bond acceptors (Lipinski definition) is 5. The third-order valence-corrected chi connectivity index (χ3v) is 2.48. The van der Waals surface area contributed by atoms with E-state index in [1.54, 1.807) is 6.92 Å². The Morgan fingerprint density at radius 2 is 2.00 bits per heavy atom. The van der Waals surface area contributed by atoms with Gasteiger partial charge in [-0.3, -0.25) is 14.4 Å². The molecule has 0 radical (unpaired) electrons. The Bertz CT molecular complexity index is 357. The van der Waals surface area contributed by atoms with Gasteiger partial charge < -0.3 is 9.47 Å². The zero-order chi connectivity index (χ0) is 12.3. The van der Waals surface area contributed by atoms with Crippen LogP contribution in [0, 0.1) is 5.41 Å². The summed E-state index contributed by atoms with van der Waals surface area (Å²) in [6.07, 6.45) is 2.18. The number of ketones is 1. The van der Waals surface area contributed by atoms with Gasteiger partial charge in [0.25, 0.3) is 0 Å². The second kappa shape index (κ2) is 4.47. The first-order chi connectivity index (χ1) is 7.36. The van der Waals surface area contributed by atoms with Gasteiger partial charge in [0.05, 0.1) is 0 Å². The van der Waals surface area contributed by atoms with E-state index in [0.717, 1.165) is 0 Å². The molecule has 0 aromatic carbocycles. The van der Waals surface area contributed by atoms with Crippen LogP contribution in [0.15, 0.2) is 12.2 Å². The second-order valence-corrected chi connectivity index (χ2v) is 3.95. The quantitative estimate of drug-likeness (QED) is 0.660. The number of carbonyl (C=O) groups is 3. The predicted octanol–water partition coefficient (Wildman–Crippen LogP) is 0.626. The average molecular weight is 226 g/mol. The smallest absolute Gasteiger partial charge is 0.303 e. The molecule has 2 unspecified atom stereocenters. The van der Waals surface area contributed by atoms with Crippen molar-refractivity contribution >= 4 is 17.7 Å². The molecule has 16 heavy (non-hydrogen) atoms. The van der Waals surface area contributed by atoms with Crippen LogP contribution in [0.2, 0.25) is 0 Å². The van der Waals surface area contributed by atoms with Crippen LogP contribution < -0.4 is 0 Å². The lowest BCUT2D eigenvalue weighted by atomic mass is 9.85. The highest BCUT2D eigenvalue weighted by Gasteiger charge is 2.46. The molecule has 0 aromatic heterocycles. The van der Waals surface area contributed by atoms with Crippen molar-refractivity contribution in [2.24, 2.45) is 5.41 Å². The van der Waals surface area contributed by atoms with E-state index in [4.69, 9.17) is 9.47 Å². The average Bonchev–Trinajstić information content (AvgIpc) is 2.43. The lowest BCUT2D eigenvalue weighted by molar-refractivity contribution is -0.157. The van der Waals surface area contributed by atoms with Gasteiger partial charge in [0.15, 0.2) is 5.78 Å². The largest absolute Gasteiger partial charge is 0.465 e. The van der Waals surface area contributed by atoms with Crippen molar-refractivity contribution in [3.63, 3.8) is 0 Å². The normalized spacial score (nSPS) is 27.9. The molecule has 5 heteroatoms. The van der Waals surface area contributed by atoms with Crippen molar-refractivity contribution in [2.75, 3.05) is 6.61 Å². The number of allylic oxidation sites excluding steroid dienone is 1. The minimum absolute atomic E-state index is 0.0912. The molecule has 2 atom stereocenters. The molecule has 0 spiro atoms. The van der Waals surface area contributed by atoms with Gasteiger partial charge in [-0.25, -0.2) is 0 Å². The molecule has 0 fully saturated rings. The van der Waals surface area contributed by atoms with Gasteiger partial charge in [-0.15, -0.1) is 0 Å². The number of ether oxygens (including phenoxy) is 2. The molecule has 1 aliphatic rings. The van der Waals surface area contributed by atoms with Crippen molar-refractivity contribution in [3.05, 3.63) is 12.2 Å². The van der Waals surface area contributed by atoms with Crippen LogP contribution in [-0.4, -0.2) is 30.4 Å². The van der Waals surface area contributed by atoms with Gasteiger partial charge in [-0.1, -0.05) is 0 Å². The van der Waals surface area contributed by atoms with Crippen molar-refractivity contribution in [1.29, 1.82) is 0 Å². The Balaban J connectivity index is 2.76. The Hall–Kier alpha value is -1.65. The minimum Gasteiger partial charge on any atom is -0.465 e. The topological polar surface area (TPSA) is 69.7 Å². The standard InChI is InChI=1S/C11H14O5/c1-7(12)15-6-11(3)9(14)4-5-10(11)16-8(2)13/h4-5,10H,6H2,1-3H3. The lowest BCUT2D eigenvalue weighted by Crippen LogP contribution is -2.41. The minimum atomic E-state index is -1.00. The van der Waals surface area contributed by atoms with Crippen LogP contribution in [0.4, 0.5) is 0 Å². The fourth-order valence-electron chi connectivity index (χ4n) is 1.47. The third-order valence-electron chi connectivity index (χ3n) is 2.48. The zero-order valence-electron chi connectivity index (χ0n) is 9.48. The molecule has 88 valence electrons. The van der Waals surface area contributed by atoms with Crippen LogP contribution in [-0.2, 0) is 23.9 Å². The van der Waals surface area contributed by atoms with Crippen LogP contribution in [0.1, 0.15) is 20.8 Å². The Morgan fingerprint density at radius 1 is 1.38 bits per heavy atom. The summed E-state index contributed by atoms with van der Waals surface area (Å²) in [5, 5.41) is 0. The van der Waals surface area contributed by atoms with E-state index < -0.39 is 23.5 Å². The number of hydrogen-bond donors (Lipinski definition) is 0. The maximum Gasteiger partial charge on any atom is 0.303 e. The Kier molecular flexibility index (Phi) is 3.47. The van der Waals surface area contributed by atoms with Crippen LogP contribution >= 0.6 is 0 Å². The monoisotopic (exact) mass is 226 g/mol. The first kappa shape index (κ1) is 12.4. The van der Waals surface area contributed by atoms with E-state index in [1.165, 1.54) is 26.0 Å². The SMILES string of the molecule is CC(=O)OCC1(C)C(=O)C=CC1OC(C)=O. The maximum atomic E-state index is 11.6. The van der Waals surface area contributed by atoms with Crippen molar-refractivity contribution in [1.82, 2.24) is 0 Å². The lowest BCUT2D eigenvalue weighted by Gasteiger charge is -2.28. The zero-order valence-corrected chi connectivity index (χ0v) is 9.48. The molecule has 0 aromatic rings. The summed E-state index contributed by atoms with van der Waals surface area (Å²) in [7, 11) is 0. The summed E-state index contributed by atoms with van der Waals surface area (Å²) in [5.41, 5.74) is -1.00. The van der Waals surface area contributed by atoms with E-state index >= 15 is 0 Å². The molecule has 0 N–H and O–H groups in total. The van der Waals surface area contributed by atoms with Crippen LogP contribution in [0.3, 0.4) is 0 Å². The fraction of sp³-hybridized carbons (Fsp3) is 0.545. The summed E-state index contributed by atoms with van der Waals surface area (Å²) >= 11 is 0. The Labute approximate surface area is 93.4 Å². The highest BCUT2D eigenvalue weighted by Crippen LogP contribution is 2.32. The molecule has 1 aliphatic carbocycles. The summed E-state index contributed by atoms with van der Waals surface area (Å²) < 4.78 is 9.81. The number of rotatable bonds is 3. The van der Waals surface area contributed by atoms with Crippen LogP contribution in [0.25, 0.3) is 0 Å². The molecule has 0 saturated heterocycles. The Morgan fingerprint density at radius 3 is 2.50 bits per heavy atom. The van der Waals surface area contributed by atoms with Gasteiger partial charge in [-0.2, -0.15) is 0 Å². The summed E-state index contributed by atoms with van der Waals surface area (Å²) in [6, 6.07) is 0. The second-order valence-electron chi connectivity index (χ2n) is 3.95. The van der Waals surface area contributed by atoms with E-state index in [-0.39, 0.29) is 12.4 Å². The molecule has 5 nitrogen and oxygen atoms in total. The predicted molar refractivity (Wildman–Crippen MR) is 54.4 cm³/mol. The van der Waals surface area contributed by atoms with E-state index in [2.05, 4.69) is 0 Å². The van der Waals surface area contributed by atoms with Crippen molar-refractivity contribution in [3.8, 4) is 0 Å². The van der Waals surface area contributed by atoms with Gasteiger partial charge in [0.1, 0.15) is 18.1 Å². The van der Waals surface area contributed by atoms with E-state index in [1.807, 2.05) is 0 Å². The van der Waals surface area contributed by atoms with Gasteiger partial charge in [0, 0.05) is 13.8 Å². The van der Waals surface area contributed by atoms with E-state index in [0.29, 0.717) is 0 Å². The molecule has 0 heterocycles. The molecule has 0 aliphatic heterocycles. The molecule has 1 rings (SSSR count). The van der Waals surface area contributed by atoms with Crippen molar-refractivity contribution in [2.45, 2.75) is 26.9 Å². The van der Waals surface area contributed by atoms with Gasteiger partial charge >= 0.3 is 11.9 Å². The van der Waals surface area contributed by atoms with Gasteiger partial charge in [-0.05, 0) is 19.1 Å². The molecule has 0 amide bonds. The number of carbonyl (C=O) groups excluding carboxylic acids is 3. The highest BCUT2D eigenvalue weighted by atomic mass is 16.6. The summed E-state index contributed by atoms with van der Waals surface area (Å²) in [4.78, 5) is 33.2. The summed E-state index contributed by atoms with van der Waals surface area (Å²) in [5.74, 6) is -1.15. The number of esters is 2. The molecular weight excluding hydrogens is 212 g/mol. The van der Waals surface area contributed by atoms with Crippen LogP contribution in [0.5, 0.6) is 0 Å². The molecule has 0 bridgehead atoms. The maximum absolute atomic E-state index is 11.6. The molecular formula is C11H14O5. The van der Waals surface area contributed by atoms with Gasteiger partial charge in [0.2, 0.25) is 0 Å².